The number of nitrogens with zero attached hydrogens (tertiary/aromatic N) is 3. The molecule has 0 radical (unpaired) electrons. The average Bonchev–Trinajstić information content (AvgIpc) is 2.66. The summed E-state index contributed by atoms with van der Waals surface area (Å²) in [5.74, 6) is -0.603. The van der Waals surface area contributed by atoms with E-state index < -0.39 is 5.97 Å². The van der Waals surface area contributed by atoms with Crippen LogP contribution in [-0.4, -0.2) is 53.7 Å². The summed E-state index contributed by atoms with van der Waals surface area (Å²) in [6.45, 7) is 0.574. The van der Waals surface area contributed by atoms with E-state index in [0.29, 0.717) is 29.0 Å². The summed E-state index contributed by atoms with van der Waals surface area (Å²) in [5, 5.41) is 13.3. The third-order valence-corrected chi connectivity index (χ3v) is 4.29. The van der Waals surface area contributed by atoms with Gasteiger partial charge in [-0.1, -0.05) is 12.1 Å². The summed E-state index contributed by atoms with van der Waals surface area (Å²) in [4.78, 5) is 22.0. The molecule has 8 heteroatoms. The Morgan fingerprint density at radius 3 is 2.71 bits per heavy atom. The van der Waals surface area contributed by atoms with Crippen molar-refractivity contribution in [3.8, 4) is 5.75 Å². The molecule has 0 fully saturated rings. The highest BCUT2D eigenvalue weighted by Crippen LogP contribution is 2.30. The van der Waals surface area contributed by atoms with Crippen LogP contribution in [0.4, 0.5) is 10.2 Å². The predicted octanol–water partition coefficient (Wildman–Crippen LogP) is 3.19. The molecule has 1 atom stereocenters. The number of benzene rings is 2. The fourth-order valence-electron chi connectivity index (χ4n) is 3.03. The van der Waals surface area contributed by atoms with Crippen LogP contribution in [-0.2, 0) is 0 Å². The number of aromatic carboxylic acids is 1. The summed E-state index contributed by atoms with van der Waals surface area (Å²) in [6.07, 6.45) is 1.31. The first kappa shape index (κ1) is 19.5. The minimum Gasteiger partial charge on any atom is -0.497 e. The van der Waals surface area contributed by atoms with Crippen LogP contribution in [0, 0.1) is 5.82 Å². The van der Waals surface area contributed by atoms with E-state index in [9.17, 15) is 14.3 Å². The van der Waals surface area contributed by atoms with Crippen molar-refractivity contribution in [3.63, 3.8) is 0 Å². The SMILES string of the molecule is COc1cc(C(=O)O)c2ncnc(N[C@H](CN(C)C)c3cccc(F)c3)c2c1. The largest absolute Gasteiger partial charge is 0.497 e. The molecule has 0 aliphatic heterocycles. The number of hydrogen-bond acceptors (Lipinski definition) is 6. The zero-order valence-electron chi connectivity index (χ0n) is 15.8. The highest BCUT2D eigenvalue weighted by molar-refractivity contribution is 6.05. The number of ether oxygens (including phenoxy) is 1. The van der Waals surface area contributed by atoms with Gasteiger partial charge in [0.1, 0.15) is 23.7 Å². The van der Waals surface area contributed by atoms with Crippen LogP contribution in [0.15, 0.2) is 42.7 Å². The Bertz CT molecular complexity index is 1010. The normalized spacial score (nSPS) is 12.2. The smallest absolute Gasteiger partial charge is 0.338 e. The molecule has 3 rings (SSSR count). The van der Waals surface area contributed by atoms with E-state index in [1.165, 1.54) is 31.6 Å². The van der Waals surface area contributed by atoms with Crippen molar-refractivity contribution in [1.29, 1.82) is 0 Å². The molecule has 0 bridgehead atoms. The molecule has 0 aliphatic carbocycles. The second kappa shape index (κ2) is 8.18. The fraction of sp³-hybridized carbons (Fsp3) is 0.250. The third-order valence-electron chi connectivity index (χ3n) is 4.29. The molecule has 2 aromatic carbocycles. The highest BCUT2D eigenvalue weighted by Gasteiger charge is 2.19. The molecule has 0 amide bonds. The van der Waals surface area contributed by atoms with Crippen LogP contribution in [0.2, 0.25) is 0 Å². The van der Waals surface area contributed by atoms with Crippen molar-refractivity contribution in [2.75, 3.05) is 33.1 Å². The average molecular weight is 384 g/mol. The zero-order chi connectivity index (χ0) is 20.3. The lowest BCUT2D eigenvalue weighted by Crippen LogP contribution is -2.26. The van der Waals surface area contributed by atoms with E-state index in [-0.39, 0.29) is 17.4 Å². The first-order valence-electron chi connectivity index (χ1n) is 8.62. The number of rotatable bonds is 7. The van der Waals surface area contributed by atoms with Gasteiger partial charge in [0.2, 0.25) is 0 Å². The molecule has 7 nitrogen and oxygen atoms in total. The molecule has 0 unspecified atom stereocenters. The second-order valence-electron chi connectivity index (χ2n) is 6.61. The van der Waals surface area contributed by atoms with Gasteiger partial charge in [-0.05, 0) is 43.9 Å². The van der Waals surface area contributed by atoms with Gasteiger partial charge >= 0.3 is 5.97 Å². The summed E-state index contributed by atoms with van der Waals surface area (Å²) in [5.41, 5.74) is 1.07. The van der Waals surface area contributed by atoms with Crippen LogP contribution in [0.1, 0.15) is 22.0 Å². The molecule has 146 valence electrons. The molecule has 0 saturated carbocycles. The van der Waals surface area contributed by atoms with Crippen LogP contribution in [0.25, 0.3) is 10.9 Å². The number of methoxy groups -OCH3 is 1. The maximum atomic E-state index is 13.7. The maximum absolute atomic E-state index is 13.7. The van der Waals surface area contributed by atoms with Crippen LogP contribution < -0.4 is 10.1 Å². The molecule has 0 aliphatic rings. The Hall–Kier alpha value is -3.26. The van der Waals surface area contributed by atoms with Crippen molar-refractivity contribution in [1.82, 2.24) is 14.9 Å². The van der Waals surface area contributed by atoms with Gasteiger partial charge < -0.3 is 20.1 Å². The van der Waals surface area contributed by atoms with Crippen LogP contribution in [0.3, 0.4) is 0 Å². The second-order valence-corrected chi connectivity index (χ2v) is 6.61. The Morgan fingerprint density at radius 1 is 1.29 bits per heavy atom. The number of nitrogens with one attached hydrogen (secondary N) is 1. The maximum Gasteiger partial charge on any atom is 0.338 e. The molecule has 1 aromatic heterocycles. The minimum absolute atomic E-state index is 0.0229. The number of aromatic nitrogens is 2. The van der Waals surface area contributed by atoms with Gasteiger partial charge in [-0.2, -0.15) is 0 Å². The van der Waals surface area contributed by atoms with Gasteiger partial charge in [-0.3, -0.25) is 0 Å². The molecule has 0 saturated heterocycles. The lowest BCUT2D eigenvalue weighted by atomic mass is 10.1. The van der Waals surface area contributed by atoms with E-state index in [1.54, 1.807) is 12.1 Å². The lowest BCUT2D eigenvalue weighted by molar-refractivity contribution is 0.0698. The number of carboxylic acid groups (broad SMARTS) is 1. The van der Waals surface area contributed by atoms with Gasteiger partial charge in [0.15, 0.2) is 0 Å². The van der Waals surface area contributed by atoms with E-state index >= 15 is 0 Å². The number of fused-ring (bicyclic) bond motifs is 1. The number of carbonyl (C=O) groups is 1. The molecule has 0 spiro atoms. The van der Waals surface area contributed by atoms with Crippen molar-refractivity contribution >= 4 is 22.7 Å². The standard InChI is InChI=1S/C20H21FN4O3/c1-25(2)10-17(12-5-4-6-13(21)7-12)24-19-15-8-14(28-3)9-16(20(26)27)18(15)22-11-23-19/h4-9,11,17H,10H2,1-3H3,(H,26,27)(H,22,23,24)/t17-/m1/s1. The number of anilines is 1. The third kappa shape index (κ3) is 4.17. The molecular formula is C20H21FN4O3. The molecule has 3 aromatic rings. The molecular weight excluding hydrogens is 363 g/mol. The summed E-state index contributed by atoms with van der Waals surface area (Å²) in [6, 6.07) is 9.17. The number of carboxylic acids is 1. The van der Waals surface area contributed by atoms with Gasteiger partial charge in [0, 0.05) is 11.9 Å². The minimum atomic E-state index is -1.11. The Morgan fingerprint density at radius 2 is 2.07 bits per heavy atom. The number of hydrogen-bond donors (Lipinski definition) is 2. The van der Waals surface area contributed by atoms with Gasteiger partial charge in [0.05, 0.1) is 24.2 Å². The predicted molar refractivity (Wildman–Crippen MR) is 104 cm³/mol. The van der Waals surface area contributed by atoms with Gasteiger partial charge in [-0.15, -0.1) is 0 Å². The van der Waals surface area contributed by atoms with Crippen LogP contribution >= 0.6 is 0 Å². The monoisotopic (exact) mass is 384 g/mol. The van der Waals surface area contributed by atoms with Crippen molar-refractivity contribution in [2.24, 2.45) is 0 Å². The Balaban J connectivity index is 2.10. The van der Waals surface area contributed by atoms with E-state index in [1.807, 2.05) is 25.1 Å². The summed E-state index contributed by atoms with van der Waals surface area (Å²) < 4.78 is 19.0. The number of likely N-dealkylation sites (N-methyl/N-ethyl adjacent to an activating group) is 1. The van der Waals surface area contributed by atoms with E-state index in [4.69, 9.17) is 4.74 Å². The van der Waals surface area contributed by atoms with Gasteiger partial charge in [0.25, 0.3) is 0 Å². The first-order valence-corrected chi connectivity index (χ1v) is 8.62. The Kier molecular flexibility index (Phi) is 5.70. The van der Waals surface area contributed by atoms with Crippen molar-refractivity contribution in [2.45, 2.75) is 6.04 Å². The van der Waals surface area contributed by atoms with Crippen molar-refractivity contribution in [3.05, 3.63) is 59.7 Å². The number of halogens is 1. The van der Waals surface area contributed by atoms with Crippen LogP contribution in [0.5, 0.6) is 5.75 Å². The topological polar surface area (TPSA) is 87.6 Å². The summed E-state index contributed by atoms with van der Waals surface area (Å²) >= 11 is 0. The first-order chi connectivity index (χ1) is 13.4. The van der Waals surface area contributed by atoms with E-state index in [2.05, 4.69) is 15.3 Å². The fourth-order valence-corrected chi connectivity index (χ4v) is 3.03. The lowest BCUT2D eigenvalue weighted by Gasteiger charge is -2.24. The zero-order valence-corrected chi connectivity index (χ0v) is 15.8. The molecule has 1 heterocycles. The Labute approximate surface area is 161 Å². The van der Waals surface area contributed by atoms with Gasteiger partial charge in [-0.25, -0.2) is 19.2 Å². The molecule has 28 heavy (non-hydrogen) atoms. The quantitative estimate of drug-likeness (QED) is 0.647. The summed E-state index contributed by atoms with van der Waals surface area (Å²) in [7, 11) is 5.29. The van der Waals surface area contributed by atoms with E-state index in [0.717, 1.165) is 5.56 Å². The highest BCUT2D eigenvalue weighted by atomic mass is 19.1. The molecule has 2 N–H and O–H groups in total. The van der Waals surface area contributed by atoms with Crippen molar-refractivity contribution < 1.29 is 19.0 Å².